The summed E-state index contributed by atoms with van der Waals surface area (Å²) < 4.78 is 34.4. The van der Waals surface area contributed by atoms with Crippen LogP contribution in [0.5, 0.6) is 0 Å². The lowest BCUT2D eigenvalue weighted by Gasteiger charge is -2.21. The third kappa shape index (κ3) is 5.39. The molecule has 0 aliphatic carbocycles. The molecular formula is C18H17BrFNO3S. The average molecular weight is 426 g/mol. The summed E-state index contributed by atoms with van der Waals surface area (Å²) in [6.45, 7) is 3.04. The molecule has 0 aliphatic rings. The number of ether oxygens (including phenoxy) is 1. The van der Waals surface area contributed by atoms with Gasteiger partial charge in [-0.25, -0.2) is 9.18 Å². The van der Waals surface area contributed by atoms with Crippen LogP contribution < -0.4 is 0 Å². The second-order valence-electron chi connectivity index (χ2n) is 5.72. The predicted octanol–water partition coefficient (Wildman–Crippen LogP) is 4.19. The van der Waals surface area contributed by atoms with E-state index in [1.54, 1.807) is 6.07 Å². The van der Waals surface area contributed by atoms with Crippen LogP contribution in [-0.2, 0) is 27.5 Å². The molecular weight excluding hydrogens is 409 g/mol. The second kappa shape index (κ2) is 8.60. The highest BCUT2D eigenvalue weighted by molar-refractivity contribution is 9.10. The first-order valence-electron chi connectivity index (χ1n) is 7.43. The van der Waals surface area contributed by atoms with Gasteiger partial charge in [0.1, 0.15) is 23.8 Å². The second-order valence-corrected chi connectivity index (χ2v) is 8.37. The summed E-state index contributed by atoms with van der Waals surface area (Å²) in [5.74, 6) is -1.13. The van der Waals surface area contributed by atoms with Crippen LogP contribution >= 0.6 is 15.9 Å². The minimum absolute atomic E-state index is 0.0876. The summed E-state index contributed by atoms with van der Waals surface area (Å²) in [6.07, 6.45) is 1.16. The molecule has 0 aliphatic heterocycles. The molecule has 4 nitrogen and oxygen atoms in total. The fourth-order valence-electron chi connectivity index (χ4n) is 1.82. The molecule has 1 unspecified atom stereocenters. The zero-order valence-corrected chi connectivity index (χ0v) is 16.1. The topological polar surface area (TPSA) is 61.7 Å². The molecule has 0 saturated carbocycles. The number of hydrogen-bond acceptors (Lipinski definition) is 4. The third-order valence-electron chi connectivity index (χ3n) is 3.39. The maximum Gasteiger partial charge on any atom is 0.365 e. The summed E-state index contributed by atoms with van der Waals surface area (Å²) in [5, 5.41) is 0. The number of rotatable bonds is 6. The molecule has 0 aromatic heterocycles. The summed E-state index contributed by atoms with van der Waals surface area (Å²) >= 11 is 1.31. The fourth-order valence-corrected chi connectivity index (χ4v) is 2.87. The molecule has 0 bridgehead atoms. The zero-order valence-electron chi connectivity index (χ0n) is 13.7. The maximum atomic E-state index is 13.7. The van der Waals surface area contributed by atoms with E-state index in [1.807, 2.05) is 30.3 Å². The van der Waals surface area contributed by atoms with Gasteiger partial charge in [0.05, 0.1) is 6.21 Å². The number of benzene rings is 2. The van der Waals surface area contributed by atoms with Crippen molar-refractivity contribution in [2.45, 2.75) is 25.2 Å². The number of halogens is 2. The third-order valence-corrected chi connectivity index (χ3v) is 5.22. The number of nitrogens with zero attached hydrogens (tertiary/aromatic N) is 1. The highest BCUT2D eigenvalue weighted by Gasteiger charge is 2.43. The fraction of sp³-hybridized carbons (Fsp3) is 0.222. The lowest BCUT2D eigenvalue weighted by molar-refractivity contribution is -0.147. The van der Waals surface area contributed by atoms with E-state index in [2.05, 4.69) is 20.3 Å². The van der Waals surface area contributed by atoms with Crippen molar-refractivity contribution in [1.82, 2.24) is 0 Å². The molecule has 1 atom stereocenters. The molecule has 0 radical (unpaired) electrons. The summed E-state index contributed by atoms with van der Waals surface area (Å²) in [6, 6.07) is 13.5. The van der Waals surface area contributed by atoms with Crippen LogP contribution in [0.15, 0.2) is 57.4 Å². The van der Waals surface area contributed by atoms with Gasteiger partial charge >= 0.3 is 5.97 Å². The van der Waals surface area contributed by atoms with Crippen LogP contribution in [0.2, 0.25) is 0 Å². The van der Waals surface area contributed by atoms with E-state index >= 15 is 0 Å². The van der Waals surface area contributed by atoms with E-state index in [-0.39, 0.29) is 12.2 Å². The predicted molar refractivity (Wildman–Crippen MR) is 100 cm³/mol. The van der Waals surface area contributed by atoms with E-state index < -0.39 is 27.9 Å². The molecule has 2 rings (SSSR count). The van der Waals surface area contributed by atoms with Gasteiger partial charge in [-0.2, -0.15) is 0 Å². The molecule has 0 saturated heterocycles. The lowest BCUT2D eigenvalue weighted by atomic mass is 10.2. The van der Waals surface area contributed by atoms with Crippen molar-refractivity contribution in [3.63, 3.8) is 0 Å². The van der Waals surface area contributed by atoms with E-state index in [9.17, 15) is 13.7 Å². The molecule has 25 heavy (non-hydrogen) atoms. The summed E-state index contributed by atoms with van der Waals surface area (Å²) in [5.41, 5.74) is 1.01. The van der Waals surface area contributed by atoms with Gasteiger partial charge in [0.2, 0.25) is 4.75 Å². The van der Waals surface area contributed by atoms with Gasteiger partial charge in [0.15, 0.2) is 0 Å². The number of esters is 1. The van der Waals surface area contributed by atoms with Gasteiger partial charge in [-0.1, -0.05) is 50.7 Å². The standard InChI is InChI=1S/C18H17BrFNO3S/c1-18(2,17(22)24-12-13-6-4-3-5-7-13)25(23)21-11-14-10-15(19)8-9-16(14)20/h3-11H,12H2,1-2H3. The van der Waals surface area contributed by atoms with E-state index in [0.29, 0.717) is 4.47 Å². The van der Waals surface area contributed by atoms with Crippen LogP contribution in [-0.4, -0.2) is 21.5 Å². The highest BCUT2D eigenvalue weighted by atomic mass is 79.9. The van der Waals surface area contributed by atoms with Crippen molar-refractivity contribution in [3.05, 3.63) is 69.9 Å². The highest BCUT2D eigenvalue weighted by Crippen LogP contribution is 2.22. The van der Waals surface area contributed by atoms with Crippen LogP contribution in [0.4, 0.5) is 4.39 Å². The Morgan fingerprint density at radius 1 is 1.32 bits per heavy atom. The van der Waals surface area contributed by atoms with Crippen LogP contribution in [0.3, 0.4) is 0 Å². The normalized spacial score (nSPS) is 13.0. The Labute approximate surface area is 157 Å². The van der Waals surface area contributed by atoms with Gasteiger partial charge in [0, 0.05) is 10.0 Å². The van der Waals surface area contributed by atoms with Gasteiger partial charge in [-0.3, -0.25) is 0 Å². The molecule has 0 fully saturated rings. The van der Waals surface area contributed by atoms with Crippen molar-refractivity contribution < 1.29 is 18.5 Å². The lowest BCUT2D eigenvalue weighted by Crippen LogP contribution is -2.40. The van der Waals surface area contributed by atoms with Crippen molar-refractivity contribution in [2.75, 3.05) is 0 Å². The van der Waals surface area contributed by atoms with Gasteiger partial charge in [0.25, 0.3) is 0 Å². The molecule has 0 heterocycles. The van der Waals surface area contributed by atoms with Gasteiger partial charge < -0.3 is 9.29 Å². The molecule has 0 spiro atoms. The Morgan fingerprint density at radius 3 is 2.68 bits per heavy atom. The van der Waals surface area contributed by atoms with Crippen molar-refractivity contribution in [2.24, 2.45) is 4.40 Å². The Bertz CT molecular complexity index is 768. The molecule has 0 amide bonds. The number of carbonyl (C=O) groups is 1. The average Bonchev–Trinajstić information content (AvgIpc) is 2.60. The SMILES string of the molecule is CC(C)(C(=O)OCc1ccccc1)[S+]([O-])N=Cc1cc(Br)ccc1F. The van der Waals surface area contributed by atoms with Crippen molar-refractivity contribution in [3.8, 4) is 0 Å². The summed E-state index contributed by atoms with van der Waals surface area (Å²) in [7, 11) is 0. The molecule has 2 aromatic rings. The Balaban J connectivity index is 2.03. The quantitative estimate of drug-likeness (QED) is 0.395. The van der Waals surface area contributed by atoms with Crippen molar-refractivity contribution in [1.29, 1.82) is 0 Å². The minimum Gasteiger partial charge on any atom is -0.590 e. The molecule has 0 N–H and O–H groups in total. The first-order chi connectivity index (χ1) is 11.8. The number of carbonyl (C=O) groups excluding carboxylic acids is 1. The zero-order chi connectivity index (χ0) is 18.4. The van der Waals surface area contributed by atoms with E-state index in [0.717, 1.165) is 11.8 Å². The van der Waals surface area contributed by atoms with E-state index in [4.69, 9.17) is 4.74 Å². The Morgan fingerprint density at radius 2 is 2.00 bits per heavy atom. The van der Waals surface area contributed by atoms with Crippen molar-refractivity contribution >= 4 is 39.5 Å². The first-order valence-corrected chi connectivity index (χ1v) is 9.33. The van der Waals surface area contributed by atoms with Gasteiger partial charge in [-0.05, 0) is 37.6 Å². The summed E-state index contributed by atoms with van der Waals surface area (Å²) in [4.78, 5) is 12.2. The van der Waals surface area contributed by atoms with Crippen LogP contribution in [0.25, 0.3) is 0 Å². The molecule has 132 valence electrons. The Kier molecular flexibility index (Phi) is 6.75. The number of hydrogen-bond donors (Lipinski definition) is 0. The van der Waals surface area contributed by atoms with Crippen LogP contribution in [0, 0.1) is 5.82 Å². The molecule has 7 heteroatoms. The maximum absolute atomic E-state index is 13.7. The largest absolute Gasteiger partial charge is 0.590 e. The van der Waals surface area contributed by atoms with E-state index in [1.165, 1.54) is 26.0 Å². The van der Waals surface area contributed by atoms with Gasteiger partial charge in [-0.15, -0.1) is 0 Å². The first kappa shape index (κ1) is 19.6. The molecule has 2 aromatic carbocycles. The Hall–Kier alpha value is -1.70. The monoisotopic (exact) mass is 425 g/mol. The smallest absolute Gasteiger partial charge is 0.365 e. The van der Waals surface area contributed by atoms with Crippen LogP contribution in [0.1, 0.15) is 25.0 Å². The minimum atomic E-state index is -1.92.